The second-order valence-electron chi connectivity index (χ2n) is 3.10. The number of amides is 1. The zero-order chi connectivity index (χ0) is 10.7. The SMILES string of the molecule is Cc1ccc(Cl)c(O[C@H](C)C(N)=O)c1. The Kier molecular flexibility index (Phi) is 3.36. The van der Waals surface area contributed by atoms with Gasteiger partial charge < -0.3 is 10.5 Å². The summed E-state index contributed by atoms with van der Waals surface area (Å²) in [7, 11) is 0. The van der Waals surface area contributed by atoms with Crippen molar-refractivity contribution in [2.75, 3.05) is 0 Å². The molecule has 1 amide bonds. The average molecular weight is 214 g/mol. The molecule has 0 spiro atoms. The standard InChI is InChI=1S/C10H12ClNO2/c1-6-3-4-8(11)9(5-6)14-7(2)10(12)13/h3-5,7H,1-2H3,(H2,12,13)/t7-/m1/s1. The lowest BCUT2D eigenvalue weighted by Gasteiger charge is -2.12. The molecule has 0 aromatic heterocycles. The van der Waals surface area contributed by atoms with E-state index in [0.29, 0.717) is 10.8 Å². The fraction of sp³-hybridized carbons (Fsp3) is 0.300. The van der Waals surface area contributed by atoms with Crippen LogP contribution in [0.1, 0.15) is 12.5 Å². The van der Waals surface area contributed by atoms with E-state index in [1.165, 1.54) is 0 Å². The Morgan fingerprint density at radius 3 is 2.79 bits per heavy atom. The molecule has 1 aromatic carbocycles. The summed E-state index contributed by atoms with van der Waals surface area (Å²) in [5.74, 6) is -0.0273. The average Bonchev–Trinajstić information content (AvgIpc) is 2.11. The Morgan fingerprint density at radius 1 is 1.57 bits per heavy atom. The van der Waals surface area contributed by atoms with Gasteiger partial charge in [0.05, 0.1) is 5.02 Å². The fourth-order valence-corrected chi connectivity index (χ4v) is 1.11. The third kappa shape index (κ3) is 2.64. The Balaban J connectivity index is 2.85. The molecule has 0 saturated heterocycles. The van der Waals surface area contributed by atoms with Gasteiger partial charge in [-0.05, 0) is 31.5 Å². The van der Waals surface area contributed by atoms with Crippen LogP contribution in [0.15, 0.2) is 18.2 Å². The van der Waals surface area contributed by atoms with Crippen LogP contribution < -0.4 is 10.5 Å². The quantitative estimate of drug-likeness (QED) is 0.834. The highest BCUT2D eigenvalue weighted by molar-refractivity contribution is 6.32. The summed E-state index contributed by atoms with van der Waals surface area (Å²) in [5.41, 5.74) is 6.08. The van der Waals surface area contributed by atoms with Crippen molar-refractivity contribution in [1.82, 2.24) is 0 Å². The summed E-state index contributed by atoms with van der Waals surface area (Å²) in [5, 5.41) is 0.476. The Labute approximate surface area is 87.8 Å². The lowest BCUT2D eigenvalue weighted by Crippen LogP contribution is -2.30. The van der Waals surface area contributed by atoms with Crippen molar-refractivity contribution >= 4 is 17.5 Å². The number of benzene rings is 1. The zero-order valence-corrected chi connectivity index (χ0v) is 8.84. The molecule has 2 N–H and O–H groups in total. The van der Waals surface area contributed by atoms with E-state index in [0.717, 1.165) is 5.56 Å². The van der Waals surface area contributed by atoms with E-state index in [2.05, 4.69) is 0 Å². The highest BCUT2D eigenvalue weighted by Gasteiger charge is 2.12. The number of hydrogen-bond donors (Lipinski definition) is 1. The monoisotopic (exact) mass is 213 g/mol. The largest absolute Gasteiger partial charge is 0.479 e. The molecule has 1 rings (SSSR count). The number of aryl methyl sites for hydroxylation is 1. The molecule has 0 unspecified atom stereocenters. The van der Waals surface area contributed by atoms with Gasteiger partial charge in [-0.2, -0.15) is 0 Å². The van der Waals surface area contributed by atoms with E-state index in [4.69, 9.17) is 22.1 Å². The molecule has 3 nitrogen and oxygen atoms in total. The van der Waals surface area contributed by atoms with Gasteiger partial charge in [-0.1, -0.05) is 17.7 Å². The van der Waals surface area contributed by atoms with Gasteiger partial charge >= 0.3 is 0 Å². The minimum absolute atomic E-state index is 0.476. The van der Waals surface area contributed by atoms with E-state index < -0.39 is 12.0 Å². The number of halogens is 1. The third-order valence-electron chi connectivity index (χ3n) is 1.79. The molecule has 0 bridgehead atoms. The van der Waals surface area contributed by atoms with Gasteiger partial charge in [-0.25, -0.2) is 0 Å². The van der Waals surface area contributed by atoms with E-state index in [9.17, 15) is 4.79 Å². The molecule has 14 heavy (non-hydrogen) atoms. The van der Waals surface area contributed by atoms with Crippen LogP contribution in [-0.2, 0) is 4.79 Å². The summed E-state index contributed by atoms with van der Waals surface area (Å²) in [6, 6.07) is 5.35. The maximum absolute atomic E-state index is 10.8. The molecule has 0 saturated carbocycles. The summed E-state index contributed by atoms with van der Waals surface area (Å²) in [6.07, 6.45) is -0.672. The van der Waals surface area contributed by atoms with E-state index in [1.54, 1.807) is 19.1 Å². The molecule has 1 atom stereocenters. The predicted octanol–water partition coefficient (Wildman–Crippen LogP) is 1.90. The third-order valence-corrected chi connectivity index (χ3v) is 2.10. The normalized spacial score (nSPS) is 12.2. The summed E-state index contributed by atoms with van der Waals surface area (Å²) < 4.78 is 5.28. The highest BCUT2D eigenvalue weighted by Crippen LogP contribution is 2.26. The summed E-state index contributed by atoms with van der Waals surface area (Å²) in [4.78, 5) is 10.8. The van der Waals surface area contributed by atoms with E-state index >= 15 is 0 Å². The maximum Gasteiger partial charge on any atom is 0.258 e. The smallest absolute Gasteiger partial charge is 0.258 e. The molecule has 1 aromatic rings. The fourth-order valence-electron chi connectivity index (χ4n) is 0.949. The van der Waals surface area contributed by atoms with Crippen molar-refractivity contribution in [3.8, 4) is 5.75 Å². The van der Waals surface area contributed by atoms with Crippen LogP contribution in [0, 0.1) is 6.92 Å². The zero-order valence-electron chi connectivity index (χ0n) is 8.08. The minimum Gasteiger partial charge on any atom is -0.479 e. The van der Waals surface area contributed by atoms with Crippen molar-refractivity contribution in [2.24, 2.45) is 5.73 Å². The topological polar surface area (TPSA) is 52.3 Å². The Morgan fingerprint density at radius 2 is 2.21 bits per heavy atom. The Bertz CT molecular complexity index is 352. The van der Waals surface area contributed by atoms with Gasteiger partial charge in [0.15, 0.2) is 6.10 Å². The van der Waals surface area contributed by atoms with Crippen molar-refractivity contribution in [3.63, 3.8) is 0 Å². The first-order chi connectivity index (χ1) is 6.50. The molecule has 76 valence electrons. The number of hydrogen-bond acceptors (Lipinski definition) is 2. The van der Waals surface area contributed by atoms with Crippen LogP contribution in [0.5, 0.6) is 5.75 Å². The maximum atomic E-state index is 10.8. The van der Waals surface area contributed by atoms with Gasteiger partial charge in [-0.3, -0.25) is 4.79 Å². The minimum atomic E-state index is -0.672. The molecule has 0 heterocycles. The first-order valence-corrected chi connectivity index (χ1v) is 4.60. The van der Waals surface area contributed by atoms with Crippen LogP contribution in [0.2, 0.25) is 5.02 Å². The predicted molar refractivity (Wildman–Crippen MR) is 55.5 cm³/mol. The number of rotatable bonds is 3. The highest BCUT2D eigenvalue weighted by atomic mass is 35.5. The van der Waals surface area contributed by atoms with E-state index in [1.807, 2.05) is 13.0 Å². The van der Waals surface area contributed by atoms with Crippen LogP contribution in [-0.4, -0.2) is 12.0 Å². The van der Waals surface area contributed by atoms with Crippen molar-refractivity contribution in [1.29, 1.82) is 0 Å². The number of carbonyl (C=O) groups excluding carboxylic acids is 1. The molecule has 0 aliphatic carbocycles. The molecular weight excluding hydrogens is 202 g/mol. The number of primary amides is 1. The summed E-state index contributed by atoms with van der Waals surface area (Å²) in [6.45, 7) is 3.50. The van der Waals surface area contributed by atoms with E-state index in [-0.39, 0.29) is 0 Å². The second kappa shape index (κ2) is 4.33. The van der Waals surface area contributed by atoms with Crippen LogP contribution in [0.25, 0.3) is 0 Å². The van der Waals surface area contributed by atoms with Gasteiger partial charge in [-0.15, -0.1) is 0 Å². The van der Waals surface area contributed by atoms with Crippen LogP contribution >= 0.6 is 11.6 Å². The van der Waals surface area contributed by atoms with Crippen molar-refractivity contribution < 1.29 is 9.53 Å². The molecule has 0 radical (unpaired) electrons. The number of nitrogens with two attached hydrogens (primary N) is 1. The summed E-state index contributed by atoms with van der Waals surface area (Å²) >= 11 is 5.87. The molecule has 4 heteroatoms. The van der Waals surface area contributed by atoms with Crippen LogP contribution in [0.3, 0.4) is 0 Å². The van der Waals surface area contributed by atoms with Gasteiger partial charge in [0.1, 0.15) is 5.75 Å². The van der Waals surface area contributed by atoms with Crippen molar-refractivity contribution in [3.05, 3.63) is 28.8 Å². The lowest BCUT2D eigenvalue weighted by atomic mass is 10.2. The van der Waals surface area contributed by atoms with Crippen molar-refractivity contribution in [2.45, 2.75) is 20.0 Å². The first-order valence-electron chi connectivity index (χ1n) is 4.23. The molecule has 0 aliphatic heterocycles. The van der Waals surface area contributed by atoms with Gasteiger partial charge in [0.25, 0.3) is 5.91 Å². The van der Waals surface area contributed by atoms with Gasteiger partial charge in [0.2, 0.25) is 0 Å². The number of ether oxygens (including phenoxy) is 1. The second-order valence-corrected chi connectivity index (χ2v) is 3.50. The lowest BCUT2D eigenvalue weighted by molar-refractivity contribution is -0.123. The van der Waals surface area contributed by atoms with Crippen LogP contribution in [0.4, 0.5) is 0 Å². The molecule has 0 fully saturated rings. The molecular formula is C10H12ClNO2. The first kappa shape index (κ1) is 10.9. The molecule has 0 aliphatic rings. The van der Waals surface area contributed by atoms with Gasteiger partial charge in [0, 0.05) is 0 Å². The Hall–Kier alpha value is -1.22. The number of carbonyl (C=O) groups is 1.